The van der Waals surface area contributed by atoms with Crippen molar-refractivity contribution < 1.29 is 35.7 Å². The minimum Gasteiger partial charge on any atom is -0.481 e. The van der Waals surface area contributed by atoms with Gasteiger partial charge in [0.2, 0.25) is 0 Å². The van der Waals surface area contributed by atoms with Gasteiger partial charge in [0.1, 0.15) is 5.75 Å². The van der Waals surface area contributed by atoms with E-state index in [0.29, 0.717) is 0 Å². The highest BCUT2D eigenvalue weighted by Crippen LogP contribution is 2.28. The highest BCUT2D eigenvalue weighted by Gasteiger charge is 2.48. The van der Waals surface area contributed by atoms with Crippen LogP contribution in [0.4, 0.5) is 13.2 Å². The average Bonchev–Trinajstić information content (AvgIpc) is 2.18. The van der Waals surface area contributed by atoms with Crippen LogP contribution < -0.4 is 4.18 Å². The van der Waals surface area contributed by atoms with Gasteiger partial charge in [-0.05, 0) is 6.07 Å². The van der Waals surface area contributed by atoms with Crippen molar-refractivity contribution in [2.45, 2.75) is 11.9 Å². The molecule has 0 fully saturated rings. The number of carboxylic acids is 1. The van der Waals surface area contributed by atoms with Gasteiger partial charge in [0, 0.05) is 5.56 Å². The molecule has 0 atom stereocenters. The Morgan fingerprint density at radius 1 is 1.28 bits per heavy atom. The summed E-state index contributed by atoms with van der Waals surface area (Å²) in [6.07, 6.45) is -0.649. The van der Waals surface area contributed by atoms with Crippen LogP contribution in [0.5, 0.6) is 5.75 Å². The lowest BCUT2D eigenvalue weighted by atomic mass is 10.1. The van der Waals surface area contributed by atoms with Crippen LogP contribution in [0.2, 0.25) is 0 Å². The van der Waals surface area contributed by atoms with Gasteiger partial charge in [-0.15, -0.1) is 0 Å². The van der Waals surface area contributed by atoms with Crippen molar-refractivity contribution in [2.24, 2.45) is 0 Å². The second-order valence-corrected chi connectivity index (χ2v) is 4.70. The molecule has 0 bridgehead atoms. The first kappa shape index (κ1) is 14.3. The molecule has 5 nitrogen and oxygen atoms in total. The fourth-order valence-electron chi connectivity index (χ4n) is 1.06. The fraction of sp³-hybridized carbons (Fsp3) is 0.222. The minimum atomic E-state index is -5.80. The van der Waals surface area contributed by atoms with Crippen molar-refractivity contribution in [3.63, 3.8) is 0 Å². The third kappa shape index (κ3) is 3.36. The molecule has 0 amide bonds. The van der Waals surface area contributed by atoms with E-state index in [4.69, 9.17) is 5.11 Å². The lowest BCUT2D eigenvalue weighted by Crippen LogP contribution is -2.28. The normalized spacial score (nSPS) is 12.2. The molecule has 0 aliphatic rings. The lowest BCUT2D eigenvalue weighted by molar-refractivity contribution is -0.136. The highest BCUT2D eigenvalue weighted by atomic mass is 32.2. The maximum atomic E-state index is 12.1. The summed E-state index contributed by atoms with van der Waals surface area (Å²) in [6.45, 7) is 0. The number of carbonyl (C=O) groups is 1. The highest BCUT2D eigenvalue weighted by molar-refractivity contribution is 7.88. The third-order valence-corrected chi connectivity index (χ3v) is 2.76. The second-order valence-electron chi connectivity index (χ2n) is 3.16. The van der Waals surface area contributed by atoms with E-state index in [9.17, 15) is 26.4 Å². The third-order valence-electron chi connectivity index (χ3n) is 1.80. The Morgan fingerprint density at radius 2 is 1.83 bits per heavy atom. The van der Waals surface area contributed by atoms with Crippen molar-refractivity contribution >= 4 is 16.1 Å². The van der Waals surface area contributed by atoms with Crippen LogP contribution in [0.1, 0.15) is 5.56 Å². The van der Waals surface area contributed by atoms with E-state index < -0.39 is 33.8 Å². The summed E-state index contributed by atoms with van der Waals surface area (Å²) in [5.74, 6) is -1.98. The zero-order chi connectivity index (χ0) is 14.0. The van der Waals surface area contributed by atoms with E-state index in [1.54, 1.807) is 0 Å². The molecule has 0 aromatic heterocycles. The molecule has 0 saturated heterocycles. The molecule has 1 aromatic carbocycles. The number of hydrogen-bond acceptors (Lipinski definition) is 4. The number of benzene rings is 1. The molecule has 18 heavy (non-hydrogen) atoms. The summed E-state index contributed by atoms with van der Waals surface area (Å²) in [7, 11) is -5.80. The van der Waals surface area contributed by atoms with E-state index in [1.165, 1.54) is 12.1 Å². The van der Waals surface area contributed by atoms with Gasteiger partial charge in [-0.25, -0.2) is 0 Å². The molecule has 1 N–H and O–H groups in total. The van der Waals surface area contributed by atoms with Crippen LogP contribution in [-0.4, -0.2) is 25.0 Å². The van der Waals surface area contributed by atoms with Crippen molar-refractivity contribution in [3.8, 4) is 5.75 Å². The summed E-state index contributed by atoms with van der Waals surface area (Å²) < 4.78 is 61.7. The van der Waals surface area contributed by atoms with Crippen LogP contribution in [0.15, 0.2) is 24.3 Å². The molecule has 0 spiro atoms. The number of carboxylic acid groups (broad SMARTS) is 1. The van der Waals surface area contributed by atoms with Crippen molar-refractivity contribution in [2.75, 3.05) is 0 Å². The summed E-state index contributed by atoms with van der Waals surface area (Å²) in [5, 5.41) is 8.52. The van der Waals surface area contributed by atoms with Crippen molar-refractivity contribution in [1.82, 2.24) is 0 Å². The predicted octanol–water partition coefficient (Wildman–Crippen LogP) is 1.54. The van der Waals surface area contributed by atoms with Crippen LogP contribution in [-0.2, 0) is 21.3 Å². The van der Waals surface area contributed by atoms with Crippen LogP contribution in [0, 0.1) is 0 Å². The lowest BCUT2D eigenvalue weighted by Gasteiger charge is -2.11. The van der Waals surface area contributed by atoms with Crippen LogP contribution in [0.25, 0.3) is 0 Å². The molecule has 0 radical (unpaired) electrons. The summed E-state index contributed by atoms with van der Waals surface area (Å²) in [5.41, 5.74) is -5.73. The first-order valence-corrected chi connectivity index (χ1v) is 5.85. The van der Waals surface area contributed by atoms with Gasteiger partial charge in [0.05, 0.1) is 6.42 Å². The number of halogens is 3. The Hall–Kier alpha value is -1.77. The molecule has 0 unspecified atom stereocenters. The maximum absolute atomic E-state index is 12.1. The first-order chi connectivity index (χ1) is 8.13. The summed E-state index contributed by atoms with van der Waals surface area (Å²) >= 11 is 0. The van der Waals surface area contributed by atoms with E-state index >= 15 is 0 Å². The van der Waals surface area contributed by atoms with Gasteiger partial charge >= 0.3 is 21.6 Å². The Morgan fingerprint density at radius 3 is 2.33 bits per heavy atom. The van der Waals surface area contributed by atoms with Crippen molar-refractivity contribution in [1.29, 1.82) is 0 Å². The Balaban J connectivity index is 3.09. The van der Waals surface area contributed by atoms with Gasteiger partial charge in [-0.1, -0.05) is 18.2 Å². The molecule has 1 rings (SSSR count). The zero-order valence-electron chi connectivity index (χ0n) is 8.64. The summed E-state index contributed by atoms with van der Waals surface area (Å²) in [4.78, 5) is 10.5. The van der Waals surface area contributed by atoms with Gasteiger partial charge in [-0.2, -0.15) is 21.6 Å². The second kappa shape index (κ2) is 4.84. The molecule has 0 heterocycles. The van der Waals surface area contributed by atoms with E-state index in [-0.39, 0.29) is 5.56 Å². The van der Waals surface area contributed by atoms with Crippen molar-refractivity contribution in [3.05, 3.63) is 29.8 Å². The van der Waals surface area contributed by atoms with Gasteiger partial charge in [-0.3, -0.25) is 4.79 Å². The minimum absolute atomic E-state index is 0.169. The molecular weight excluding hydrogens is 277 g/mol. The Labute approximate surface area is 99.9 Å². The Bertz CT molecular complexity index is 550. The van der Waals surface area contributed by atoms with E-state index in [1.807, 2.05) is 0 Å². The quantitative estimate of drug-likeness (QED) is 0.670. The van der Waals surface area contributed by atoms with E-state index in [2.05, 4.69) is 4.18 Å². The monoisotopic (exact) mass is 284 g/mol. The maximum Gasteiger partial charge on any atom is 0.534 e. The zero-order valence-corrected chi connectivity index (χ0v) is 9.46. The number of para-hydroxylation sites is 1. The molecule has 100 valence electrons. The topological polar surface area (TPSA) is 80.7 Å². The van der Waals surface area contributed by atoms with Gasteiger partial charge in [0.25, 0.3) is 0 Å². The molecule has 0 aliphatic carbocycles. The SMILES string of the molecule is O=C(O)Cc1ccccc1OS(=O)(=O)C(F)(F)F. The molecule has 9 heteroatoms. The number of alkyl halides is 3. The smallest absolute Gasteiger partial charge is 0.481 e. The average molecular weight is 284 g/mol. The summed E-state index contributed by atoms with van der Waals surface area (Å²) in [6, 6.07) is 4.69. The van der Waals surface area contributed by atoms with Gasteiger partial charge in [0.15, 0.2) is 0 Å². The molecule has 1 aromatic rings. The molecular formula is C9H7F3O5S. The molecule has 0 saturated carbocycles. The number of hydrogen-bond donors (Lipinski definition) is 1. The largest absolute Gasteiger partial charge is 0.534 e. The number of rotatable bonds is 4. The van der Waals surface area contributed by atoms with Crippen LogP contribution >= 0.6 is 0 Å². The van der Waals surface area contributed by atoms with Crippen LogP contribution in [0.3, 0.4) is 0 Å². The first-order valence-electron chi connectivity index (χ1n) is 4.44. The Kier molecular flexibility index (Phi) is 3.85. The van der Waals surface area contributed by atoms with Gasteiger partial charge < -0.3 is 9.29 Å². The molecule has 0 aliphatic heterocycles. The number of aliphatic carboxylic acids is 1. The standard InChI is InChI=1S/C9H7F3O5S/c10-9(11,12)18(15,16)17-7-4-2-1-3-6(7)5-8(13)14/h1-4H,5H2,(H,13,14). The fourth-order valence-corrected chi connectivity index (χ4v) is 1.55. The predicted molar refractivity (Wildman–Crippen MR) is 53.4 cm³/mol. The van der Waals surface area contributed by atoms with E-state index in [0.717, 1.165) is 12.1 Å².